The first kappa shape index (κ1) is 14.4. The van der Waals surface area contributed by atoms with E-state index in [1.165, 1.54) is 6.92 Å². The number of hydrogen-bond acceptors (Lipinski definition) is 4. The monoisotopic (exact) mass is 275 g/mol. The van der Waals surface area contributed by atoms with Gasteiger partial charge < -0.3 is 11.5 Å². The van der Waals surface area contributed by atoms with Crippen LogP contribution in [0.4, 0.5) is 10.1 Å². The van der Waals surface area contributed by atoms with Crippen LogP contribution in [0.25, 0.3) is 0 Å². The molecule has 0 saturated heterocycles. The summed E-state index contributed by atoms with van der Waals surface area (Å²) in [5, 5.41) is 0. The summed E-state index contributed by atoms with van der Waals surface area (Å²) in [4.78, 5) is 10.4. The van der Waals surface area contributed by atoms with E-state index in [0.717, 1.165) is 18.2 Å². The van der Waals surface area contributed by atoms with Gasteiger partial charge in [0, 0.05) is 18.2 Å². The van der Waals surface area contributed by atoms with Crippen molar-refractivity contribution in [2.75, 3.05) is 5.73 Å². The molecule has 1 atom stereocenters. The number of hydrogen-bond donors (Lipinski definition) is 3. The van der Waals surface area contributed by atoms with Gasteiger partial charge in [-0.25, -0.2) is 17.5 Å². The van der Waals surface area contributed by atoms with Gasteiger partial charge in [-0.15, -0.1) is 0 Å². The Kier molecular flexibility index (Phi) is 4.25. The molecule has 0 aliphatic carbocycles. The predicted molar refractivity (Wildman–Crippen MR) is 64.4 cm³/mol. The van der Waals surface area contributed by atoms with E-state index < -0.39 is 27.8 Å². The maximum Gasteiger partial charge on any atom is 0.241 e. The summed E-state index contributed by atoms with van der Waals surface area (Å²) in [6, 6.07) is 2.29. The van der Waals surface area contributed by atoms with E-state index in [1.54, 1.807) is 0 Å². The minimum absolute atomic E-state index is 0.00192. The Hall–Kier alpha value is -1.67. The number of carbonyl (C=O) groups is 1. The predicted octanol–water partition coefficient (Wildman–Crippen LogP) is -0.0499. The average molecular weight is 275 g/mol. The topological polar surface area (TPSA) is 115 Å². The van der Waals surface area contributed by atoms with Gasteiger partial charge in [0.05, 0.1) is 4.90 Å². The Morgan fingerprint density at radius 3 is 2.56 bits per heavy atom. The first-order valence-corrected chi connectivity index (χ1v) is 6.56. The Balaban J connectivity index is 2.96. The first-order chi connectivity index (χ1) is 8.20. The zero-order valence-electron chi connectivity index (χ0n) is 9.68. The Morgan fingerprint density at radius 2 is 2.06 bits per heavy atom. The van der Waals surface area contributed by atoms with Crippen LogP contribution in [-0.4, -0.2) is 20.4 Å². The lowest BCUT2D eigenvalue weighted by molar-refractivity contribution is -0.118. The highest BCUT2D eigenvalue weighted by molar-refractivity contribution is 7.89. The van der Waals surface area contributed by atoms with E-state index in [4.69, 9.17) is 11.5 Å². The Bertz CT molecular complexity index is 539. The second-order valence-electron chi connectivity index (χ2n) is 3.91. The summed E-state index contributed by atoms with van der Waals surface area (Å²) < 4.78 is 39.0. The fraction of sp³-hybridized carbons (Fsp3) is 0.300. The summed E-state index contributed by atoms with van der Waals surface area (Å²) in [6.45, 7) is 1.48. The molecule has 0 aliphatic rings. The van der Waals surface area contributed by atoms with E-state index >= 15 is 0 Å². The SMILES string of the molecule is CC(CC(N)=O)NS(=O)(=O)c1cc(N)cc(F)c1. The third kappa shape index (κ3) is 3.97. The van der Waals surface area contributed by atoms with Crippen molar-refractivity contribution in [1.82, 2.24) is 4.72 Å². The molecule has 1 rings (SSSR count). The van der Waals surface area contributed by atoms with Gasteiger partial charge in [-0.3, -0.25) is 4.79 Å². The van der Waals surface area contributed by atoms with Crippen molar-refractivity contribution in [2.24, 2.45) is 5.73 Å². The van der Waals surface area contributed by atoms with Crippen LogP contribution < -0.4 is 16.2 Å². The molecular formula is C10H14FN3O3S. The largest absolute Gasteiger partial charge is 0.399 e. The minimum Gasteiger partial charge on any atom is -0.399 e. The lowest BCUT2D eigenvalue weighted by Gasteiger charge is -2.13. The smallest absolute Gasteiger partial charge is 0.241 e. The van der Waals surface area contributed by atoms with Crippen molar-refractivity contribution in [2.45, 2.75) is 24.3 Å². The average Bonchev–Trinajstić information content (AvgIpc) is 2.13. The fourth-order valence-electron chi connectivity index (χ4n) is 1.42. The molecule has 1 aromatic carbocycles. The second-order valence-corrected chi connectivity index (χ2v) is 5.63. The summed E-state index contributed by atoms with van der Waals surface area (Å²) in [7, 11) is -3.93. The summed E-state index contributed by atoms with van der Waals surface area (Å²) in [5.41, 5.74) is 10.3. The molecule has 8 heteroatoms. The van der Waals surface area contributed by atoms with Crippen molar-refractivity contribution in [3.8, 4) is 0 Å². The number of amides is 1. The third-order valence-corrected chi connectivity index (χ3v) is 3.64. The molecule has 0 aliphatic heterocycles. The van der Waals surface area contributed by atoms with E-state index in [-0.39, 0.29) is 17.0 Å². The van der Waals surface area contributed by atoms with Crippen LogP contribution in [0.1, 0.15) is 13.3 Å². The summed E-state index contributed by atoms with van der Waals surface area (Å²) in [5.74, 6) is -1.39. The van der Waals surface area contributed by atoms with Crippen LogP contribution >= 0.6 is 0 Å². The molecule has 0 aromatic heterocycles. The fourth-order valence-corrected chi connectivity index (χ4v) is 2.72. The van der Waals surface area contributed by atoms with Gasteiger partial charge >= 0.3 is 0 Å². The van der Waals surface area contributed by atoms with Gasteiger partial charge in [0.1, 0.15) is 5.82 Å². The van der Waals surface area contributed by atoms with E-state index in [9.17, 15) is 17.6 Å². The number of sulfonamides is 1. The molecule has 0 fully saturated rings. The lowest BCUT2D eigenvalue weighted by atomic mass is 10.2. The van der Waals surface area contributed by atoms with E-state index in [2.05, 4.69) is 4.72 Å². The van der Waals surface area contributed by atoms with Gasteiger partial charge in [-0.1, -0.05) is 0 Å². The zero-order valence-corrected chi connectivity index (χ0v) is 10.5. The highest BCUT2D eigenvalue weighted by Crippen LogP contribution is 2.16. The maximum absolute atomic E-state index is 13.1. The van der Waals surface area contributed by atoms with Gasteiger partial charge in [0.25, 0.3) is 0 Å². The Labute approximate surface area is 104 Å². The van der Waals surface area contributed by atoms with Crippen molar-refractivity contribution >= 4 is 21.6 Å². The molecular weight excluding hydrogens is 261 g/mol. The number of nitrogen functional groups attached to an aromatic ring is 1. The second kappa shape index (κ2) is 5.32. The maximum atomic E-state index is 13.1. The molecule has 0 spiro atoms. The molecule has 0 saturated carbocycles. The van der Waals surface area contributed by atoms with E-state index in [0.29, 0.717) is 0 Å². The normalized spacial score (nSPS) is 13.2. The molecule has 0 heterocycles. The number of nitrogens with two attached hydrogens (primary N) is 2. The van der Waals surface area contributed by atoms with Gasteiger partial charge in [-0.05, 0) is 25.1 Å². The molecule has 0 bridgehead atoms. The highest BCUT2D eigenvalue weighted by atomic mass is 32.2. The van der Waals surface area contributed by atoms with Crippen molar-refractivity contribution < 1.29 is 17.6 Å². The molecule has 0 radical (unpaired) electrons. The molecule has 5 N–H and O–H groups in total. The number of anilines is 1. The lowest BCUT2D eigenvalue weighted by Crippen LogP contribution is -2.35. The number of halogens is 1. The molecule has 100 valence electrons. The zero-order chi connectivity index (χ0) is 13.9. The van der Waals surface area contributed by atoms with Crippen molar-refractivity contribution in [1.29, 1.82) is 0 Å². The number of nitrogens with one attached hydrogen (secondary N) is 1. The molecule has 1 aromatic rings. The summed E-state index contributed by atoms with van der Waals surface area (Å²) in [6.07, 6.45) is -0.149. The van der Waals surface area contributed by atoms with Gasteiger partial charge in [0.15, 0.2) is 0 Å². The van der Waals surface area contributed by atoms with Crippen molar-refractivity contribution in [3.63, 3.8) is 0 Å². The third-order valence-electron chi connectivity index (χ3n) is 2.07. The van der Waals surface area contributed by atoms with Crippen LogP contribution in [0.15, 0.2) is 23.1 Å². The van der Waals surface area contributed by atoms with Crippen LogP contribution in [-0.2, 0) is 14.8 Å². The quantitative estimate of drug-likeness (QED) is 0.653. The first-order valence-electron chi connectivity index (χ1n) is 5.07. The molecule has 18 heavy (non-hydrogen) atoms. The van der Waals surface area contributed by atoms with Crippen LogP contribution in [0.2, 0.25) is 0 Å². The standard InChI is InChI=1S/C10H14FN3O3S/c1-6(2-10(13)15)14-18(16,17)9-4-7(11)3-8(12)5-9/h3-6,14H,2,12H2,1H3,(H2,13,15). The molecule has 6 nitrogen and oxygen atoms in total. The minimum atomic E-state index is -3.93. The highest BCUT2D eigenvalue weighted by Gasteiger charge is 2.19. The Morgan fingerprint density at radius 1 is 1.44 bits per heavy atom. The molecule has 1 amide bonds. The van der Waals surface area contributed by atoms with Crippen LogP contribution in [0.3, 0.4) is 0 Å². The number of rotatable bonds is 5. The number of carbonyl (C=O) groups excluding carboxylic acids is 1. The van der Waals surface area contributed by atoms with Crippen molar-refractivity contribution in [3.05, 3.63) is 24.0 Å². The van der Waals surface area contributed by atoms with Crippen LogP contribution in [0.5, 0.6) is 0 Å². The van der Waals surface area contributed by atoms with Gasteiger partial charge in [0.2, 0.25) is 15.9 Å². The molecule has 1 unspecified atom stereocenters. The van der Waals surface area contributed by atoms with Gasteiger partial charge in [-0.2, -0.15) is 0 Å². The van der Waals surface area contributed by atoms with Crippen LogP contribution in [0, 0.1) is 5.82 Å². The number of benzene rings is 1. The number of primary amides is 1. The van der Waals surface area contributed by atoms with E-state index in [1.807, 2.05) is 0 Å². The summed E-state index contributed by atoms with van der Waals surface area (Å²) >= 11 is 0.